The third-order valence-corrected chi connectivity index (χ3v) is 2.92. The second kappa shape index (κ2) is 4.86. The van der Waals surface area contributed by atoms with Gasteiger partial charge in [0.15, 0.2) is 6.10 Å². The predicted molar refractivity (Wildman–Crippen MR) is 69.1 cm³/mol. The molecule has 18 heavy (non-hydrogen) atoms. The number of nitrogens with zero attached hydrogens (tertiary/aromatic N) is 2. The Morgan fingerprint density at radius 2 is 2.17 bits per heavy atom. The number of ether oxygens (including phenoxy) is 1. The molecular weight excluding hydrogens is 232 g/mol. The van der Waals surface area contributed by atoms with Crippen molar-refractivity contribution in [3.63, 3.8) is 0 Å². The number of carbonyl (C=O) groups excluding carboxylic acids is 1. The number of hydrogen-bond donors (Lipinski definition) is 1. The summed E-state index contributed by atoms with van der Waals surface area (Å²) in [5.74, 6) is 0.697. The van der Waals surface area contributed by atoms with Crippen LogP contribution >= 0.6 is 0 Å². The Labute approximate surface area is 107 Å². The van der Waals surface area contributed by atoms with Crippen molar-refractivity contribution in [2.24, 2.45) is 0 Å². The van der Waals surface area contributed by atoms with E-state index in [4.69, 9.17) is 4.74 Å². The molecule has 5 nitrogen and oxygen atoms in total. The Balaban J connectivity index is 2.31. The van der Waals surface area contributed by atoms with Crippen molar-refractivity contribution < 1.29 is 14.6 Å². The number of phenols is 1. The molecule has 1 amide bonds. The van der Waals surface area contributed by atoms with Gasteiger partial charge in [0.2, 0.25) is 0 Å². The smallest absolute Gasteiger partial charge is 0.267 e. The second-order valence-electron chi connectivity index (χ2n) is 4.71. The van der Waals surface area contributed by atoms with Crippen molar-refractivity contribution in [3.8, 4) is 11.5 Å². The van der Waals surface area contributed by atoms with Crippen molar-refractivity contribution in [2.45, 2.75) is 13.0 Å². The van der Waals surface area contributed by atoms with Gasteiger partial charge in [-0.05, 0) is 33.2 Å². The molecule has 1 heterocycles. The molecule has 0 aromatic heterocycles. The Morgan fingerprint density at radius 1 is 1.44 bits per heavy atom. The van der Waals surface area contributed by atoms with Gasteiger partial charge in [-0.25, -0.2) is 0 Å². The van der Waals surface area contributed by atoms with Gasteiger partial charge in [0.25, 0.3) is 5.91 Å². The SMILES string of the molecule is CC1Oc2ccc(O)cc2N(CCN(C)C)C1=O. The van der Waals surface area contributed by atoms with Crippen LogP contribution in [0.3, 0.4) is 0 Å². The molecule has 1 aromatic carbocycles. The first-order valence-electron chi connectivity index (χ1n) is 5.95. The Bertz CT molecular complexity index is 460. The van der Waals surface area contributed by atoms with Crippen LogP contribution in [0.5, 0.6) is 11.5 Å². The zero-order valence-corrected chi connectivity index (χ0v) is 10.9. The first-order chi connectivity index (χ1) is 8.49. The average Bonchev–Trinajstić information content (AvgIpc) is 2.30. The molecule has 1 aliphatic heterocycles. The highest BCUT2D eigenvalue weighted by molar-refractivity contribution is 6.00. The van der Waals surface area contributed by atoms with Crippen LogP contribution in [0.1, 0.15) is 6.92 Å². The highest BCUT2D eigenvalue weighted by Crippen LogP contribution is 2.36. The number of amides is 1. The van der Waals surface area contributed by atoms with Crippen LogP contribution in [0, 0.1) is 0 Å². The summed E-state index contributed by atoms with van der Waals surface area (Å²) in [6, 6.07) is 4.82. The molecule has 0 radical (unpaired) electrons. The maximum atomic E-state index is 12.1. The lowest BCUT2D eigenvalue weighted by molar-refractivity contribution is -0.125. The topological polar surface area (TPSA) is 53.0 Å². The highest BCUT2D eigenvalue weighted by atomic mass is 16.5. The van der Waals surface area contributed by atoms with Gasteiger partial charge in [0.1, 0.15) is 11.5 Å². The van der Waals surface area contributed by atoms with Crippen LogP contribution < -0.4 is 9.64 Å². The quantitative estimate of drug-likeness (QED) is 0.871. The molecule has 0 spiro atoms. The van der Waals surface area contributed by atoms with E-state index in [-0.39, 0.29) is 11.7 Å². The summed E-state index contributed by atoms with van der Waals surface area (Å²) in [6.45, 7) is 3.07. The van der Waals surface area contributed by atoms with Crippen molar-refractivity contribution in [2.75, 3.05) is 32.1 Å². The zero-order valence-electron chi connectivity index (χ0n) is 10.9. The number of hydrogen-bond acceptors (Lipinski definition) is 4. The molecule has 0 saturated heterocycles. The molecule has 0 saturated carbocycles. The van der Waals surface area contributed by atoms with E-state index in [2.05, 4.69) is 0 Å². The van der Waals surface area contributed by atoms with E-state index in [1.165, 1.54) is 0 Å². The molecular formula is C13H18N2O3. The van der Waals surface area contributed by atoms with Crippen LogP contribution in [0.2, 0.25) is 0 Å². The number of fused-ring (bicyclic) bond motifs is 1. The maximum absolute atomic E-state index is 12.1. The predicted octanol–water partition coefficient (Wildman–Crippen LogP) is 1.07. The van der Waals surface area contributed by atoms with Crippen molar-refractivity contribution in [3.05, 3.63) is 18.2 Å². The maximum Gasteiger partial charge on any atom is 0.267 e. The fraction of sp³-hybridized carbons (Fsp3) is 0.462. The number of rotatable bonds is 3. The zero-order chi connectivity index (χ0) is 13.3. The molecule has 0 aliphatic carbocycles. The summed E-state index contributed by atoms with van der Waals surface area (Å²) < 4.78 is 5.52. The number of likely N-dealkylation sites (N-methyl/N-ethyl adjacent to an activating group) is 1. The van der Waals surface area contributed by atoms with Crippen LogP contribution in [0.4, 0.5) is 5.69 Å². The molecule has 1 N–H and O–H groups in total. The second-order valence-corrected chi connectivity index (χ2v) is 4.71. The van der Waals surface area contributed by atoms with E-state index in [0.717, 1.165) is 6.54 Å². The van der Waals surface area contributed by atoms with Crippen molar-refractivity contribution in [1.29, 1.82) is 0 Å². The summed E-state index contributed by atoms with van der Waals surface area (Å²) in [7, 11) is 3.91. The van der Waals surface area contributed by atoms with Gasteiger partial charge >= 0.3 is 0 Å². The van der Waals surface area contributed by atoms with Crippen LogP contribution in [-0.4, -0.2) is 49.2 Å². The van der Waals surface area contributed by atoms with E-state index in [0.29, 0.717) is 18.0 Å². The fourth-order valence-electron chi connectivity index (χ4n) is 1.93. The van der Waals surface area contributed by atoms with Gasteiger partial charge in [-0.1, -0.05) is 0 Å². The summed E-state index contributed by atoms with van der Waals surface area (Å²) in [5.41, 5.74) is 0.639. The number of benzene rings is 1. The average molecular weight is 250 g/mol. The minimum absolute atomic E-state index is 0.0741. The molecule has 0 fully saturated rings. The van der Waals surface area contributed by atoms with Crippen LogP contribution in [-0.2, 0) is 4.79 Å². The monoisotopic (exact) mass is 250 g/mol. The van der Waals surface area contributed by atoms with Gasteiger partial charge in [-0.15, -0.1) is 0 Å². The lowest BCUT2D eigenvalue weighted by atomic mass is 10.2. The lowest BCUT2D eigenvalue weighted by Gasteiger charge is -2.33. The molecule has 1 atom stereocenters. The minimum atomic E-state index is -0.482. The molecule has 0 bridgehead atoms. The third-order valence-electron chi connectivity index (χ3n) is 2.92. The Hall–Kier alpha value is -1.75. The number of aromatic hydroxyl groups is 1. The van der Waals surface area contributed by atoms with Crippen LogP contribution in [0.25, 0.3) is 0 Å². The largest absolute Gasteiger partial charge is 0.508 e. The highest BCUT2D eigenvalue weighted by Gasteiger charge is 2.31. The molecule has 1 aromatic rings. The standard InChI is InChI=1S/C13H18N2O3/c1-9-13(17)15(7-6-14(2)3)11-8-10(16)4-5-12(11)18-9/h4-5,8-9,16H,6-7H2,1-3H3. The van der Waals surface area contributed by atoms with Gasteiger partial charge < -0.3 is 19.6 Å². The van der Waals surface area contributed by atoms with E-state index in [1.54, 1.807) is 30.0 Å². The van der Waals surface area contributed by atoms with Crippen molar-refractivity contribution >= 4 is 11.6 Å². The minimum Gasteiger partial charge on any atom is -0.508 e. The third kappa shape index (κ3) is 2.41. The molecule has 1 unspecified atom stereocenters. The fourth-order valence-corrected chi connectivity index (χ4v) is 1.93. The number of carbonyl (C=O) groups is 1. The Morgan fingerprint density at radius 3 is 2.83 bits per heavy atom. The molecule has 5 heteroatoms. The molecule has 2 rings (SSSR count). The summed E-state index contributed by atoms with van der Waals surface area (Å²) in [5, 5.41) is 9.53. The number of anilines is 1. The van der Waals surface area contributed by atoms with E-state index in [9.17, 15) is 9.90 Å². The number of phenolic OH excluding ortho intramolecular Hbond substituents is 1. The van der Waals surface area contributed by atoms with Gasteiger partial charge in [0, 0.05) is 19.2 Å². The molecule has 1 aliphatic rings. The van der Waals surface area contributed by atoms with E-state index in [1.807, 2.05) is 19.0 Å². The van der Waals surface area contributed by atoms with E-state index < -0.39 is 6.10 Å². The van der Waals surface area contributed by atoms with Crippen LogP contribution in [0.15, 0.2) is 18.2 Å². The normalized spacial score (nSPS) is 18.8. The summed E-state index contributed by atoms with van der Waals surface area (Å²) in [6.07, 6.45) is -0.482. The van der Waals surface area contributed by atoms with Crippen molar-refractivity contribution in [1.82, 2.24) is 4.90 Å². The first-order valence-corrected chi connectivity index (χ1v) is 5.95. The summed E-state index contributed by atoms with van der Waals surface area (Å²) >= 11 is 0. The van der Waals surface area contributed by atoms with Gasteiger partial charge in [0.05, 0.1) is 5.69 Å². The Kier molecular flexibility index (Phi) is 3.43. The summed E-state index contributed by atoms with van der Waals surface area (Å²) in [4.78, 5) is 15.8. The van der Waals surface area contributed by atoms with Gasteiger partial charge in [-0.2, -0.15) is 0 Å². The first kappa shape index (κ1) is 12.7. The molecule has 98 valence electrons. The van der Waals surface area contributed by atoms with E-state index >= 15 is 0 Å². The van der Waals surface area contributed by atoms with Gasteiger partial charge in [-0.3, -0.25) is 4.79 Å². The lowest BCUT2D eigenvalue weighted by Crippen LogP contribution is -2.46.